The van der Waals surface area contributed by atoms with E-state index in [2.05, 4.69) is 35.1 Å². The Morgan fingerprint density at radius 3 is 2.52 bits per heavy atom. The summed E-state index contributed by atoms with van der Waals surface area (Å²) in [5, 5.41) is 3.64. The standard InChI is InChI=1S/C18H29BrFN/c1-3-5-6-7-8-9-17(21-12-4-2)13-15-10-11-16(20)14-18(15)19/h10-11,14,17,21H,3-9,12-13H2,1-2H3. The fourth-order valence-electron chi connectivity index (χ4n) is 2.57. The smallest absolute Gasteiger partial charge is 0.124 e. The largest absolute Gasteiger partial charge is 0.314 e. The highest BCUT2D eigenvalue weighted by atomic mass is 79.9. The molecule has 0 aromatic heterocycles. The summed E-state index contributed by atoms with van der Waals surface area (Å²) >= 11 is 3.48. The van der Waals surface area contributed by atoms with E-state index >= 15 is 0 Å². The molecule has 0 aliphatic heterocycles. The quantitative estimate of drug-likeness (QED) is 0.489. The average molecular weight is 358 g/mol. The Labute approximate surface area is 137 Å². The lowest BCUT2D eigenvalue weighted by Crippen LogP contribution is -2.31. The van der Waals surface area contributed by atoms with E-state index in [1.165, 1.54) is 44.1 Å². The third-order valence-corrected chi connectivity index (χ3v) is 4.56. The Hall–Kier alpha value is -0.410. The minimum Gasteiger partial charge on any atom is -0.314 e. The molecular weight excluding hydrogens is 329 g/mol. The average Bonchev–Trinajstić information content (AvgIpc) is 2.46. The van der Waals surface area contributed by atoms with Crippen molar-refractivity contribution in [3.63, 3.8) is 0 Å². The van der Waals surface area contributed by atoms with Gasteiger partial charge in [0.2, 0.25) is 0 Å². The van der Waals surface area contributed by atoms with Crippen molar-refractivity contribution in [1.82, 2.24) is 5.32 Å². The van der Waals surface area contributed by atoms with Gasteiger partial charge in [-0.15, -0.1) is 0 Å². The predicted octanol–water partition coefficient (Wildman–Crippen LogP) is 5.86. The van der Waals surface area contributed by atoms with Crippen molar-refractivity contribution in [1.29, 1.82) is 0 Å². The first-order valence-corrected chi connectivity index (χ1v) is 9.14. The molecule has 0 heterocycles. The summed E-state index contributed by atoms with van der Waals surface area (Å²) < 4.78 is 14.0. The summed E-state index contributed by atoms with van der Waals surface area (Å²) in [6.07, 6.45) is 9.90. The molecule has 120 valence electrons. The first kappa shape index (κ1) is 18.6. The van der Waals surface area contributed by atoms with Crippen LogP contribution in [0.5, 0.6) is 0 Å². The number of nitrogens with one attached hydrogen (secondary N) is 1. The predicted molar refractivity (Wildman–Crippen MR) is 93.3 cm³/mol. The van der Waals surface area contributed by atoms with Crippen molar-refractivity contribution in [2.45, 2.75) is 71.3 Å². The van der Waals surface area contributed by atoms with Gasteiger partial charge in [-0.05, 0) is 43.5 Å². The molecule has 0 spiro atoms. The molecule has 1 atom stereocenters. The lowest BCUT2D eigenvalue weighted by atomic mass is 9.99. The number of rotatable bonds is 11. The molecule has 1 aromatic carbocycles. The summed E-state index contributed by atoms with van der Waals surface area (Å²) in [7, 11) is 0. The van der Waals surface area contributed by atoms with Crippen LogP contribution in [0.3, 0.4) is 0 Å². The lowest BCUT2D eigenvalue weighted by Gasteiger charge is -2.19. The Bertz CT molecular complexity index is 395. The molecule has 21 heavy (non-hydrogen) atoms. The zero-order chi connectivity index (χ0) is 15.5. The Kier molecular flexibility index (Phi) is 9.94. The van der Waals surface area contributed by atoms with Crippen molar-refractivity contribution < 1.29 is 4.39 Å². The van der Waals surface area contributed by atoms with Crippen molar-refractivity contribution in [2.24, 2.45) is 0 Å². The molecule has 0 bridgehead atoms. The first-order chi connectivity index (χ1) is 10.2. The SMILES string of the molecule is CCCCCCCC(Cc1ccc(F)cc1Br)NCCC. The highest BCUT2D eigenvalue weighted by molar-refractivity contribution is 9.10. The van der Waals surface area contributed by atoms with Gasteiger partial charge < -0.3 is 5.32 Å². The van der Waals surface area contributed by atoms with Crippen LogP contribution in [0, 0.1) is 5.82 Å². The summed E-state index contributed by atoms with van der Waals surface area (Å²) in [4.78, 5) is 0. The van der Waals surface area contributed by atoms with Crippen LogP contribution in [0.2, 0.25) is 0 Å². The fourth-order valence-corrected chi connectivity index (χ4v) is 3.08. The first-order valence-electron chi connectivity index (χ1n) is 8.34. The van der Waals surface area contributed by atoms with Crippen LogP contribution in [-0.2, 0) is 6.42 Å². The van der Waals surface area contributed by atoms with Gasteiger partial charge in [0, 0.05) is 10.5 Å². The zero-order valence-electron chi connectivity index (χ0n) is 13.4. The highest BCUT2D eigenvalue weighted by Crippen LogP contribution is 2.21. The summed E-state index contributed by atoms with van der Waals surface area (Å²) in [5.41, 5.74) is 1.19. The molecule has 3 heteroatoms. The Morgan fingerprint density at radius 2 is 1.86 bits per heavy atom. The van der Waals surface area contributed by atoms with E-state index in [4.69, 9.17) is 0 Å². The van der Waals surface area contributed by atoms with E-state index in [1.54, 1.807) is 12.1 Å². The topological polar surface area (TPSA) is 12.0 Å². The van der Waals surface area contributed by atoms with Crippen LogP contribution in [0.4, 0.5) is 4.39 Å². The van der Waals surface area contributed by atoms with Gasteiger partial charge in [-0.2, -0.15) is 0 Å². The molecule has 1 N–H and O–H groups in total. The second-order valence-electron chi connectivity index (χ2n) is 5.79. The van der Waals surface area contributed by atoms with E-state index in [0.29, 0.717) is 6.04 Å². The normalized spacial score (nSPS) is 12.6. The zero-order valence-corrected chi connectivity index (χ0v) is 15.0. The van der Waals surface area contributed by atoms with E-state index in [1.807, 2.05) is 6.07 Å². The van der Waals surface area contributed by atoms with Crippen LogP contribution in [0.15, 0.2) is 22.7 Å². The van der Waals surface area contributed by atoms with E-state index in [-0.39, 0.29) is 5.82 Å². The molecule has 1 nitrogen and oxygen atoms in total. The molecule has 0 radical (unpaired) electrons. The van der Waals surface area contributed by atoms with Gasteiger partial charge in [0.15, 0.2) is 0 Å². The number of hydrogen-bond donors (Lipinski definition) is 1. The van der Waals surface area contributed by atoms with Crippen molar-refractivity contribution in [2.75, 3.05) is 6.54 Å². The molecule has 0 saturated carbocycles. The van der Waals surface area contributed by atoms with Gasteiger partial charge in [0.1, 0.15) is 5.82 Å². The monoisotopic (exact) mass is 357 g/mol. The van der Waals surface area contributed by atoms with E-state index in [0.717, 1.165) is 23.9 Å². The van der Waals surface area contributed by atoms with E-state index < -0.39 is 0 Å². The second-order valence-corrected chi connectivity index (χ2v) is 6.65. The molecule has 0 aliphatic carbocycles. The van der Waals surface area contributed by atoms with Crippen LogP contribution >= 0.6 is 15.9 Å². The number of benzene rings is 1. The molecule has 0 amide bonds. The van der Waals surface area contributed by atoms with Gasteiger partial charge in [0.05, 0.1) is 0 Å². The number of halogens is 2. The van der Waals surface area contributed by atoms with Crippen molar-refractivity contribution in [3.8, 4) is 0 Å². The molecule has 0 saturated heterocycles. The number of hydrogen-bond acceptors (Lipinski definition) is 1. The fraction of sp³-hybridized carbons (Fsp3) is 0.667. The van der Waals surface area contributed by atoms with Crippen molar-refractivity contribution in [3.05, 3.63) is 34.1 Å². The van der Waals surface area contributed by atoms with Crippen LogP contribution < -0.4 is 5.32 Å². The molecule has 1 aromatic rings. The molecule has 1 rings (SSSR count). The van der Waals surface area contributed by atoms with Gasteiger partial charge in [0.25, 0.3) is 0 Å². The molecule has 0 fully saturated rings. The summed E-state index contributed by atoms with van der Waals surface area (Å²) in [5.74, 6) is -0.178. The Balaban J connectivity index is 2.48. The second kappa shape index (κ2) is 11.2. The third kappa shape index (κ3) is 7.96. The van der Waals surface area contributed by atoms with Crippen molar-refractivity contribution >= 4 is 15.9 Å². The maximum Gasteiger partial charge on any atom is 0.124 e. The molecule has 1 unspecified atom stereocenters. The van der Waals surface area contributed by atoms with Crippen LogP contribution in [0.25, 0.3) is 0 Å². The van der Waals surface area contributed by atoms with Gasteiger partial charge in [-0.1, -0.05) is 67.9 Å². The number of unbranched alkanes of at least 4 members (excludes halogenated alkanes) is 4. The van der Waals surface area contributed by atoms with E-state index in [9.17, 15) is 4.39 Å². The Morgan fingerprint density at radius 1 is 1.10 bits per heavy atom. The van der Waals surface area contributed by atoms with Gasteiger partial charge in [-0.25, -0.2) is 4.39 Å². The summed E-state index contributed by atoms with van der Waals surface area (Å²) in [6.45, 7) is 5.50. The van der Waals surface area contributed by atoms with Gasteiger partial charge >= 0.3 is 0 Å². The molecular formula is C18H29BrFN. The maximum absolute atomic E-state index is 13.2. The maximum atomic E-state index is 13.2. The third-order valence-electron chi connectivity index (χ3n) is 3.82. The minimum absolute atomic E-state index is 0.178. The van der Waals surface area contributed by atoms with Gasteiger partial charge in [-0.3, -0.25) is 0 Å². The van der Waals surface area contributed by atoms with Crippen LogP contribution in [-0.4, -0.2) is 12.6 Å². The molecule has 0 aliphatic rings. The van der Waals surface area contributed by atoms with Crippen LogP contribution in [0.1, 0.15) is 64.4 Å². The lowest BCUT2D eigenvalue weighted by molar-refractivity contribution is 0.450. The minimum atomic E-state index is -0.178. The highest BCUT2D eigenvalue weighted by Gasteiger charge is 2.11. The summed E-state index contributed by atoms with van der Waals surface area (Å²) in [6, 6.07) is 5.51.